The van der Waals surface area contributed by atoms with E-state index in [9.17, 15) is 8.42 Å². The Kier molecular flexibility index (Phi) is 5.52. The first kappa shape index (κ1) is 18.7. The van der Waals surface area contributed by atoms with Gasteiger partial charge in [-0.15, -0.1) is 0 Å². The molecule has 1 fully saturated rings. The molecule has 1 aliphatic rings. The maximum Gasteiger partial charge on any atom is 0.237 e. The minimum atomic E-state index is -3.60. The van der Waals surface area contributed by atoms with E-state index in [4.69, 9.17) is 11.6 Å². The first-order valence-electron chi connectivity index (χ1n) is 8.38. The van der Waals surface area contributed by atoms with E-state index in [1.165, 1.54) is 6.20 Å². The zero-order valence-corrected chi connectivity index (χ0v) is 16.4. The van der Waals surface area contributed by atoms with Crippen LogP contribution in [0, 0.1) is 0 Å². The van der Waals surface area contributed by atoms with Crippen molar-refractivity contribution < 1.29 is 8.42 Å². The molecule has 3 rings (SSSR count). The molecule has 2 aromatic rings. The van der Waals surface area contributed by atoms with Crippen molar-refractivity contribution in [3.8, 4) is 0 Å². The molecule has 1 aliphatic heterocycles. The molecule has 1 saturated heterocycles. The summed E-state index contributed by atoms with van der Waals surface area (Å²) in [6, 6.07) is 6.74. The van der Waals surface area contributed by atoms with Crippen LogP contribution in [0.4, 0.5) is 17.5 Å². The first-order valence-corrected chi connectivity index (χ1v) is 10.4. The highest BCUT2D eigenvalue weighted by Crippen LogP contribution is 2.26. The molecule has 140 valence electrons. The third kappa shape index (κ3) is 4.56. The van der Waals surface area contributed by atoms with Crippen molar-refractivity contribution in [3.05, 3.63) is 41.0 Å². The molecule has 9 heteroatoms. The summed E-state index contributed by atoms with van der Waals surface area (Å²) >= 11 is 5.85. The van der Waals surface area contributed by atoms with E-state index < -0.39 is 10.0 Å². The summed E-state index contributed by atoms with van der Waals surface area (Å²) < 4.78 is 27.7. The lowest BCUT2D eigenvalue weighted by Gasteiger charge is -2.21. The summed E-state index contributed by atoms with van der Waals surface area (Å²) in [6.45, 7) is 1.85. The van der Waals surface area contributed by atoms with Crippen molar-refractivity contribution in [2.24, 2.45) is 0 Å². The maximum atomic E-state index is 12.5. The third-order valence-electron chi connectivity index (χ3n) is 4.10. The van der Waals surface area contributed by atoms with Crippen molar-refractivity contribution in [3.63, 3.8) is 0 Å². The Morgan fingerprint density at radius 3 is 2.46 bits per heavy atom. The van der Waals surface area contributed by atoms with E-state index in [2.05, 4.69) is 19.6 Å². The Balaban J connectivity index is 1.82. The van der Waals surface area contributed by atoms with Crippen LogP contribution in [0.1, 0.15) is 18.4 Å². The monoisotopic (exact) mass is 395 g/mol. The Labute approximate surface area is 159 Å². The Morgan fingerprint density at radius 2 is 1.85 bits per heavy atom. The van der Waals surface area contributed by atoms with E-state index in [1.807, 2.05) is 14.1 Å². The van der Waals surface area contributed by atoms with Gasteiger partial charge in [-0.05, 0) is 30.5 Å². The van der Waals surface area contributed by atoms with E-state index in [0.29, 0.717) is 28.0 Å². The predicted molar refractivity (Wildman–Crippen MR) is 106 cm³/mol. The Bertz CT molecular complexity index is 865. The highest BCUT2D eigenvalue weighted by atomic mass is 35.5. The minimum Gasteiger partial charge on any atom is -0.361 e. The smallest absolute Gasteiger partial charge is 0.237 e. The van der Waals surface area contributed by atoms with Crippen molar-refractivity contribution in [1.82, 2.24) is 9.97 Å². The number of sulfonamides is 1. The molecule has 1 aromatic heterocycles. The highest BCUT2D eigenvalue weighted by molar-refractivity contribution is 7.91. The number of rotatable bonds is 6. The lowest BCUT2D eigenvalue weighted by molar-refractivity contribution is 0.600. The van der Waals surface area contributed by atoms with Crippen molar-refractivity contribution >= 4 is 39.1 Å². The van der Waals surface area contributed by atoms with Gasteiger partial charge in [0, 0.05) is 32.2 Å². The zero-order valence-electron chi connectivity index (χ0n) is 14.8. The molecule has 1 N–H and O–H groups in total. The van der Waals surface area contributed by atoms with Crippen molar-refractivity contribution in [2.75, 3.05) is 41.7 Å². The molecule has 0 bridgehead atoms. The summed E-state index contributed by atoms with van der Waals surface area (Å²) in [6.07, 6.45) is 3.78. The summed E-state index contributed by atoms with van der Waals surface area (Å²) in [5.41, 5.74) is 1.02. The molecule has 0 atom stereocenters. The largest absolute Gasteiger partial charge is 0.361 e. The van der Waals surface area contributed by atoms with Gasteiger partial charge in [-0.1, -0.05) is 23.7 Å². The summed E-state index contributed by atoms with van der Waals surface area (Å²) in [4.78, 5) is 12.8. The van der Waals surface area contributed by atoms with E-state index in [-0.39, 0.29) is 5.75 Å². The van der Waals surface area contributed by atoms with Crippen LogP contribution in [0.15, 0.2) is 30.5 Å². The molecule has 1 aromatic carbocycles. The van der Waals surface area contributed by atoms with Crippen LogP contribution in [-0.2, 0) is 15.8 Å². The van der Waals surface area contributed by atoms with Crippen molar-refractivity contribution in [1.29, 1.82) is 0 Å². The molecular weight excluding hydrogens is 374 g/mol. The number of halogens is 1. The maximum absolute atomic E-state index is 12.5. The molecule has 0 aliphatic carbocycles. The van der Waals surface area contributed by atoms with Gasteiger partial charge < -0.3 is 9.80 Å². The fraction of sp³-hybridized carbons (Fsp3) is 0.412. The summed E-state index contributed by atoms with van der Waals surface area (Å²) in [5, 5.41) is 0.569. The van der Waals surface area contributed by atoms with E-state index in [0.717, 1.165) is 25.9 Å². The lowest BCUT2D eigenvalue weighted by atomic mass is 10.2. The number of nitrogens with one attached hydrogen (secondary N) is 1. The molecule has 0 spiro atoms. The second kappa shape index (κ2) is 7.67. The van der Waals surface area contributed by atoms with Gasteiger partial charge in [0.15, 0.2) is 5.82 Å². The molecule has 26 heavy (non-hydrogen) atoms. The number of benzene rings is 1. The summed E-state index contributed by atoms with van der Waals surface area (Å²) in [7, 11) is 0.0512. The van der Waals surface area contributed by atoms with Gasteiger partial charge in [0.1, 0.15) is 5.69 Å². The van der Waals surface area contributed by atoms with Crippen molar-refractivity contribution in [2.45, 2.75) is 18.6 Å². The van der Waals surface area contributed by atoms with Gasteiger partial charge in [0.25, 0.3) is 0 Å². The van der Waals surface area contributed by atoms with Gasteiger partial charge in [-0.3, -0.25) is 4.72 Å². The normalized spacial score (nSPS) is 14.5. The number of hydrogen-bond acceptors (Lipinski definition) is 6. The fourth-order valence-electron chi connectivity index (χ4n) is 2.85. The predicted octanol–water partition coefficient (Wildman–Crippen LogP) is 2.74. The Hall–Kier alpha value is -2.06. The SMILES string of the molecule is CN(C)c1nc(N2CCCC2)ncc1NS(=O)(=O)Cc1ccc(Cl)cc1. The quantitative estimate of drug-likeness (QED) is 0.810. The average molecular weight is 396 g/mol. The number of aromatic nitrogens is 2. The molecule has 7 nitrogen and oxygen atoms in total. The first-order chi connectivity index (χ1) is 12.3. The van der Waals surface area contributed by atoms with Crippen LogP contribution >= 0.6 is 11.6 Å². The van der Waals surface area contributed by atoms with E-state index >= 15 is 0 Å². The minimum absolute atomic E-state index is 0.148. The third-order valence-corrected chi connectivity index (χ3v) is 5.60. The highest BCUT2D eigenvalue weighted by Gasteiger charge is 2.20. The standard InChI is InChI=1S/C17H22ClN5O2S/c1-22(2)16-15(11-19-17(20-16)23-9-3-4-10-23)21-26(24,25)12-13-5-7-14(18)8-6-13/h5-8,11,21H,3-4,9-10,12H2,1-2H3. The van der Waals surface area contributed by atoms with Crippen LogP contribution in [0.25, 0.3) is 0 Å². The van der Waals surface area contributed by atoms with Crippen LogP contribution < -0.4 is 14.5 Å². The van der Waals surface area contributed by atoms with Gasteiger partial charge >= 0.3 is 0 Å². The molecular formula is C17H22ClN5O2S. The van der Waals surface area contributed by atoms with Gasteiger partial charge in [0.05, 0.1) is 11.9 Å². The Morgan fingerprint density at radius 1 is 1.19 bits per heavy atom. The van der Waals surface area contributed by atoms with Gasteiger partial charge in [0.2, 0.25) is 16.0 Å². The van der Waals surface area contributed by atoms with Crippen LogP contribution in [0.3, 0.4) is 0 Å². The zero-order chi connectivity index (χ0) is 18.7. The number of anilines is 3. The summed E-state index contributed by atoms with van der Waals surface area (Å²) in [5.74, 6) is 1.03. The molecule has 0 saturated carbocycles. The number of nitrogens with zero attached hydrogens (tertiary/aromatic N) is 4. The van der Waals surface area contributed by atoms with Crippen LogP contribution in [0.5, 0.6) is 0 Å². The van der Waals surface area contributed by atoms with Crippen LogP contribution in [-0.4, -0.2) is 45.6 Å². The second-order valence-electron chi connectivity index (χ2n) is 6.48. The molecule has 2 heterocycles. The molecule has 0 unspecified atom stereocenters. The van der Waals surface area contributed by atoms with Crippen LogP contribution in [0.2, 0.25) is 5.02 Å². The lowest BCUT2D eigenvalue weighted by Crippen LogP contribution is -2.24. The van der Waals surface area contributed by atoms with Gasteiger partial charge in [-0.25, -0.2) is 13.4 Å². The second-order valence-corrected chi connectivity index (χ2v) is 8.64. The molecule has 0 amide bonds. The van der Waals surface area contributed by atoms with E-state index in [1.54, 1.807) is 29.2 Å². The topological polar surface area (TPSA) is 78.4 Å². The average Bonchev–Trinajstić information content (AvgIpc) is 3.11. The fourth-order valence-corrected chi connectivity index (χ4v) is 4.16. The number of hydrogen-bond donors (Lipinski definition) is 1. The van der Waals surface area contributed by atoms with Gasteiger partial charge in [-0.2, -0.15) is 4.98 Å². The molecule has 0 radical (unpaired) electrons.